The maximum atomic E-state index is 12.0. The highest BCUT2D eigenvalue weighted by molar-refractivity contribution is 5.77. The molecule has 0 spiro atoms. The van der Waals surface area contributed by atoms with Crippen molar-refractivity contribution in [2.45, 2.75) is 26.1 Å². The largest absolute Gasteiger partial charge is 0.481 e. The molecule has 21 heavy (non-hydrogen) atoms. The normalized spacial score (nSPS) is 25.4. The second-order valence-corrected chi connectivity index (χ2v) is 5.49. The molecule has 1 aliphatic heterocycles. The van der Waals surface area contributed by atoms with Gasteiger partial charge >= 0.3 is 12.1 Å². The molecule has 1 aromatic carbocycles. The smallest absolute Gasteiger partial charge is 0.410 e. The number of hydrogen-bond acceptors (Lipinski definition) is 4. The first-order chi connectivity index (χ1) is 9.93. The molecule has 0 radical (unpaired) electrons. The second kappa shape index (κ2) is 6.13. The van der Waals surface area contributed by atoms with Gasteiger partial charge in [-0.05, 0) is 18.9 Å². The van der Waals surface area contributed by atoms with Gasteiger partial charge in [-0.2, -0.15) is 0 Å². The van der Waals surface area contributed by atoms with Crippen LogP contribution in [0.25, 0.3) is 0 Å². The first kappa shape index (κ1) is 15.3. The predicted octanol–water partition coefficient (Wildman–Crippen LogP) is 1.48. The van der Waals surface area contributed by atoms with Crippen LogP contribution in [0.5, 0.6) is 0 Å². The van der Waals surface area contributed by atoms with E-state index in [1.54, 1.807) is 0 Å². The Morgan fingerprint density at radius 2 is 2.05 bits per heavy atom. The third-order valence-electron chi connectivity index (χ3n) is 3.88. The van der Waals surface area contributed by atoms with Crippen LogP contribution < -0.4 is 0 Å². The van der Waals surface area contributed by atoms with Crippen LogP contribution in [0.1, 0.15) is 18.9 Å². The van der Waals surface area contributed by atoms with Crippen LogP contribution >= 0.6 is 0 Å². The summed E-state index contributed by atoms with van der Waals surface area (Å²) in [4.78, 5) is 24.6. The van der Waals surface area contributed by atoms with Crippen molar-refractivity contribution in [3.8, 4) is 0 Å². The molecule has 1 heterocycles. The van der Waals surface area contributed by atoms with Crippen LogP contribution in [0.15, 0.2) is 30.3 Å². The van der Waals surface area contributed by atoms with Gasteiger partial charge < -0.3 is 19.8 Å². The lowest BCUT2D eigenvalue weighted by atomic mass is 9.79. The summed E-state index contributed by atoms with van der Waals surface area (Å²) in [6, 6.07) is 9.25. The number of aliphatic carboxylic acids is 1. The number of carboxylic acids is 1. The minimum absolute atomic E-state index is 0.0584. The van der Waals surface area contributed by atoms with Gasteiger partial charge in [-0.25, -0.2) is 4.79 Å². The molecule has 1 fully saturated rings. The van der Waals surface area contributed by atoms with Crippen LogP contribution in [0.4, 0.5) is 4.79 Å². The quantitative estimate of drug-likeness (QED) is 0.881. The Bertz CT molecular complexity index is 518. The highest BCUT2D eigenvalue weighted by atomic mass is 16.6. The summed E-state index contributed by atoms with van der Waals surface area (Å²) in [5, 5.41) is 19.1. The maximum absolute atomic E-state index is 12.0. The number of hydrogen-bond donors (Lipinski definition) is 2. The number of carbonyl (C=O) groups is 2. The van der Waals surface area contributed by atoms with Gasteiger partial charge in [0.15, 0.2) is 0 Å². The standard InChI is InChI=1S/C15H19NO5/c1-15(13(18)19)10-16(8-7-12(15)17)14(20)21-9-11-5-3-2-4-6-11/h2-6,12,17H,7-10H2,1H3,(H,18,19). The van der Waals surface area contributed by atoms with Crippen LogP contribution in [-0.2, 0) is 16.1 Å². The third kappa shape index (κ3) is 3.33. The molecule has 1 saturated heterocycles. The minimum atomic E-state index is -1.36. The van der Waals surface area contributed by atoms with E-state index >= 15 is 0 Å². The van der Waals surface area contributed by atoms with Gasteiger partial charge in [0.2, 0.25) is 0 Å². The monoisotopic (exact) mass is 293 g/mol. The first-order valence-electron chi connectivity index (χ1n) is 6.80. The van der Waals surface area contributed by atoms with Gasteiger partial charge in [-0.3, -0.25) is 4.79 Å². The van der Waals surface area contributed by atoms with Crippen molar-refractivity contribution in [1.82, 2.24) is 4.90 Å². The van der Waals surface area contributed by atoms with Crippen molar-refractivity contribution in [1.29, 1.82) is 0 Å². The van der Waals surface area contributed by atoms with Crippen molar-refractivity contribution in [3.05, 3.63) is 35.9 Å². The molecule has 1 amide bonds. The fourth-order valence-corrected chi connectivity index (χ4v) is 2.35. The Morgan fingerprint density at radius 1 is 1.38 bits per heavy atom. The molecule has 1 aliphatic rings. The van der Waals surface area contributed by atoms with Crippen molar-refractivity contribution < 1.29 is 24.5 Å². The van der Waals surface area contributed by atoms with Crippen LogP contribution in [0.2, 0.25) is 0 Å². The highest BCUT2D eigenvalue weighted by Crippen LogP contribution is 2.30. The lowest BCUT2D eigenvalue weighted by Crippen LogP contribution is -2.55. The lowest BCUT2D eigenvalue weighted by Gasteiger charge is -2.40. The molecule has 6 nitrogen and oxygen atoms in total. The fraction of sp³-hybridized carbons (Fsp3) is 0.467. The average molecular weight is 293 g/mol. The van der Waals surface area contributed by atoms with Crippen molar-refractivity contribution in [2.75, 3.05) is 13.1 Å². The van der Waals surface area contributed by atoms with E-state index in [4.69, 9.17) is 4.74 Å². The summed E-state index contributed by atoms with van der Waals surface area (Å²) in [6.45, 7) is 1.81. The lowest BCUT2D eigenvalue weighted by molar-refractivity contribution is -0.160. The van der Waals surface area contributed by atoms with E-state index in [2.05, 4.69) is 0 Å². The number of aliphatic hydroxyl groups is 1. The number of amides is 1. The van der Waals surface area contributed by atoms with Gasteiger partial charge in [0.05, 0.1) is 6.10 Å². The molecule has 1 aromatic rings. The van der Waals surface area contributed by atoms with E-state index in [0.29, 0.717) is 0 Å². The topological polar surface area (TPSA) is 87.1 Å². The van der Waals surface area contributed by atoms with E-state index in [0.717, 1.165) is 5.56 Å². The number of nitrogens with zero attached hydrogens (tertiary/aromatic N) is 1. The van der Waals surface area contributed by atoms with Gasteiger partial charge in [0.1, 0.15) is 12.0 Å². The average Bonchev–Trinajstić information content (AvgIpc) is 2.48. The molecular formula is C15H19NO5. The second-order valence-electron chi connectivity index (χ2n) is 5.49. The molecular weight excluding hydrogens is 274 g/mol. The Hall–Kier alpha value is -2.08. The predicted molar refractivity (Wildman–Crippen MR) is 74.6 cm³/mol. The number of carbonyl (C=O) groups excluding carboxylic acids is 1. The van der Waals surface area contributed by atoms with E-state index in [1.807, 2.05) is 30.3 Å². The van der Waals surface area contributed by atoms with Crippen LogP contribution in [0, 0.1) is 5.41 Å². The van der Waals surface area contributed by atoms with Crippen molar-refractivity contribution >= 4 is 12.1 Å². The molecule has 2 N–H and O–H groups in total. The van der Waals surface area contributed by atoms with Crippen LogP contribution in [0.3, 0.4) is 0 Å². The van der Waals surface area contributed by atoms with Crippen molar-refractivity contribution in [2.24, 2.45) is 5.41 Å². The zero-order valence-corrected chi connectivity index (χ0v) is 11.9. The third-order valence-corrected chi connectivity index (χ3v) is 3.88. The Morgan fingerprint density at radius 3 is 2.67 bits per heavy atom. The van der Waals surface area contributed by atoms with Gasteiger partial charge in [-0.1, -0.05) is 30.3 Å². The van der Waals surface area contributed by atoms with Gasteiger partial charge in [0, 0.05) is 13.1 Å². The summed E-state index contributed by atoms with van der Waals surface area (Å²) < 4.78 is 5.19. The summed E-state index contributed by atoms with van der Waals surface area (Å²) in [7, 11) is 0. The Labute approximate surface area is 122 Å². The van der Waals surface area contributed by atoms with E-state index in [1.165, 1.54) is 11.8 Å². The number of benzene rings is 1. The van der Waals surface area contributed by atoms with Gasteiger partial charge in [0.25, 0.3) is 0 Å². The number of carboxylic acid groups (broad SMARTS) is 1. The maximum Gasteiger partial charge on any atom is 0.410 e. The molecule has 2 unspecified atom stereocenters. The highest BCUT2D eigenvalue weighted by Gasteiger charge is 2.46. The number of likely N-dealkylation sites (tertiary alicyclic amines) is 1. The van der Waals surface area contributed by atoms with Crippen molar-refractivity contribution in [3.63, 3.8) is 0 Å². The summed E-state index contributed by atoms with van der Waals surface area (Å²) in [6.07, 6.45) is -1.30. The fourth-order valence-electron chi connectivity index (χ4n) is 2.35. The summed E-state index contributed by atoms with van der Waals surface area (Å²) in [5.74, 6) is -1.12. The molecule has 114 valence electrons. The van der Waals surface area contributed by atoms with E-state index < -0.39 is 23.6 Å². The molecule has 0 saturated carbocycles. The zero-order chi connectivity index (χ0) is 15.5. The molecule has 2 atom stereocenters. The number of piperidine rings is 1. The van der Waals surface area contributed by atoms with E-state index in [9.17, 15) is 19.8 Å². The van der Waals surface area contributed by atoms with Gasteiger partial charge in [-0.15, -0.1) is 0 Å². The number of ether oxygens (including phenoxy) is 1. The summed E-state index contributed by atoms with van der Waals surface area (Å²) in [5.41, 5.74) is -0.492. The Balaban J connectivity index is 1.95. The van der Waals surface area contributed by atoms with Crippen LogP contribution in [-0.4, -0.2) is 46.4 Å². The molecule has 0 aromatic heterocycles. The molecule has 6 heteroatoms. The Kier molecular flexibility index (Phi) is 4.47. The summed E-state index contributed by atoms with van der Waals surface area (Å²) >= 11 is 0. The molecule has 0 bridgehead atoms. The minimum Gasteiger partial charge on any atom is -0.481 e. The van der Waals surface area contributed by atoms with E-state index in [-0.39, 0.29) is 26.1 Å². The molecule has 0 aliphatic carbocycles. The number of aliphatic hydroxyl groups excluding tert-OH is 1. The SMILES string of the molecule is CC1(C(=O)O)CN(C(=O)OCc2ccccc2)CCC1O. The molecule has 2 rings (SSSR count). The first-order valence-corrected chi connectivity index (χ1v) is 6.80. The zero-order valence-electron chi connectivity index (χ0n) is 11.9. The number of rotatable bonds is 3.